The van der Waals surface area contributed by atoms with Crippen molar-refractivity contribution < 1.29 is 0 Å². The van der Waals surface area contributed by atoms with E-state index in [1.165, 1.54) is 44.9 Å². The first-order valence-electron chi connectivity index (χ1n) is 6.88. The van der Waals surface area contributed by atoms with Gasteiger partial charge in [0.1, 0.15) is 0 Å². The summed E-state index contributed by atoms with van der Waals surface area (Å²) in [5, 5.41) is 0. The summed E-state index contributed by atoms with van der Waals surface area (Å²) < 4.78 is 0. The van der Waals surface area contributed by atoms with Gasteiger partial charge in [0.25, 0.3) is 0 Å². The van der Waals surface area contributed by atoms with E-state index in [0.29, 0.717) is 0 Å². The van der Waals surface area contributed by atoms with Gasteiger partial charge in [0.05, 0.1) is 0 Å². The molecule has 0 fully saturated rings. The molecule has 0 spiro atoms. The maximum atomic E-state index is 2.34. The Morgan fingerprint density at radius 3 is 1.94 bits per heavy atom. The van der Waals surface area contributed by atoms with Gasteiger partial charge in [0.2, 0.25) is 0 Å². The minimum atomic E-state index is 1.13. The van der Waals surface area contributed by atoms with Crippen molar-refractivity contribution in [2.45, 2.75) is 65.2 Å². The van der Waals surface area contributed by atoms with E-state index >= 15 is 0 Å². The molecule has 0 radical (unpaired) electrons. The van der Waals surface area contributed by atoms with E-state index in [0.717, 1.165) is 6.42 Å². The molecule has 92 valence electrons. The highest BCUT2D eigenvalue weighted by Crippen LogP contribution is 2.05. The van der Waals surface area contributed by atoms with Gasteiger partial charge in [-0.3, -0.25) is 0 Å². The summed E-state index contributed by atoms with van der Waals surface area (Å²) in [7, 11) is 0. The average molecular weight is 220 g/mol. The molecule has 0 heterocycles. The van der Waals surface area contributed by atoms with Gasteiger partial charge in [0.15, 0.2) is 0 Å². The molecule has 0 bridgehead atoms. The maximum absolute atomic E-state index is 2.34. The normalized spacial score (nSPS) is 12.4. The van der Waals surface area contributed by atoms with Crippen molar-refractivity contribution in [3.05, 3.63) is 36.5 Å². The fourth-order valence-electron chi connectivity index (χ4n) is 1.49. The average Bonchev–Trinajstić information content (AvgIpc) is 2.31. The standard InChI is InChI=1S/C16H28/c1-3-5-7-9-11-13-15-16-14-12-10-8-6-4-2/h5,7-11H,3-4,6,12-16H2,1-2H3/b7-5+,10-8+,11-9+. The molecule has 16 heavy (non-hydrogen) atoms. The Morgan fingerprint density at radius 2 is 1.25 bits per heavy atom. The van der Waals surface area contributed by atoms with Gasteiger partial charge in [0, 0.05) is 0 Å². The third-order valence-corrected chi connectivity index (χ3v) is 2.48. The zero-order valence-corrected chi connectivity index (χ0v) is 11.1. The molecule has 0 N–H and O–H groups in total. The molecule has 0 aromatic rings. The van der Waals surface area contributed by atoms with Crippen LogP contribution in [0.5, 0.6) is 0 Å². The van der Waals surface area contributed by atoms with Crippen LogP contribution in [0.4, 0.5) is 0 Å². The lowest BCUT2D eigenvalue weighted by Crippen LogP contribution is -1.75. The first-order valence-corrected chi connectivity index (χ1v) is 6.88. The smallest absolute Gasteiger partial charge is 0.0348 e. The van der Waals surface area contributed by atoms with Crippen LogP contribution in [0, 0.1) is 0 Å². The predicted molar refractivity (Wildman–Crippen MR) is 75.7 cm³/mol. The molecule has 0 atom stereocenters. The van der Waals surface area contributed by atoms with Gasteiger partial charge in [-0.25, -0.2) is 0 Å². The van der Waals surface area contributed by atoms with Crippen LogP contribution in [-0.4, -0.2) is 0 Å². The Hall–Kier alpha value is -0.780. The second-order valence-corrected chi connectivity index (χ2v) is 4.16. The highest BCUT2D eigenvalue weighted by molar-refractivity contribution is 5.01. The van der Waals surface area contributed by atoms with Gasteiger partial charge in [-0.1, -0.05) is 63.1 Å². The van der Waals surface area contributed by atoms with E-state index in [4.69, 9.17) is 0 Å². The van der Waals surface area contributed by atoms with Crippen molar-refractivity contribution in [3.8, 4) is 0 Å². The van der Waals surface area contributed by atoms with E-state index in [-0.39, 0.29) is 0 Å². The molecular weight excluding hydrogens is 192 g/mol. The molecule has 0 aromatic carbocycles. The largest absolute Gasteiger partial charge is 0.0885 e. The molecule has 0 aliphatic heterocycles. The van der Waals surface area contributed by atoms with Crippen molar-refractivity contribution in [2.75, 3.05) is 0 Å². The van der Waals surface area contributed by atoms with Gasteiger partial charge >= 0.3 is 0 Å². The third-order valence-electron chi connectivity index (χ3n) is 2.48. The van der Waals surface area contributed by atoms with Crippen LogP contribution in [-0.2, 0) is 0 Å². The quantitative estimate of drug-likeness (QED) is 0.247. The monoisotopic (exact) mass is 220 g/mol. The van der Waals surface area contributed by atoms with Crippen molar-refractivity contribution >= 4 is 0 Å². The van der Waals surface area contributed by atoms with Gasteiger partial charge in [-0.05, 0) is 38.5 Å². The predicted octanol–water partition coefficient (Wildman–Crippen LogP) is 5.82. The summed E-state index contributed by atoms with van der Waals surface area (Å²) in [5.74, 6) is 0. The van der Waals surface area contributed by atoms with Gasteiger partial charge in [-0.15, -0.1) is 0 Å². The Balaban J connectivity index is 3.15. The summed E-state index contributed by atoms with van der Waals surface area (Å²) in [6, 6.07) is 0. The zero-order valence-electron chi connectivity index (χ0n) is 11.1. The SMILES string of the molecule is CC/C=C/C=C/CCCCC/C=C/CCC. The number of hydrogen-bond acceptors (Lipinski definition) is 0. The lowest BCUT2D eigenvalue weighted by Gasteiger charge is -1.94. The number of unbranched alkanes of at least 4 members (excludes halogenated alkanes) is 5. The molecular formula is C16H28. The van der Waals surface area contributed by atoms with Crippen LogP contribution >= 0.6 is 0 Å². The second kappa shape index (κ2) is 14.2. The van der Waals surface area contributed by atoms with Crippen molar-refractivity contribution in [1.29, 1.82) is 0 Å². The number of rotatable bonds is 10. The van der Waals surface area contributed by atoms with Gasteiger partial charge < -0.3 is 0 Å². The molecule has 0 heteroatoms. The lowest BCUT2D eigenvalue weighted by molar-refractivity contribution is 0.695. The lowest BCUT2D eigenvalue weighted by atomic mass is 10.1. The Morgan fingerprint density at radius 1 is 0.625 bits per heavy atom. The van der Waals surface area contributed by atoms with Crippen LogP contribution in [0.25, 0.3) is 0 Å². The summed E-state index contributed by atoms with van der Waals surface area (Å²) >= 11 is 0. The second-order valence-electron chi connectivity index (χ2n) is 4.16. The molecule has 0 unspecified atom stereocenters. The Labute approximate surface area is 102 Å². The van der Waals surface area contributed by atoms with Crippen molar-refractivity contribution in [3.63, 3.8) is 0 Å². The molecule has 0 aromatic heterocycles. The molecule has 0 saturated carbocycles. The minimum Gasteiger partial charge on any atom is -0.0885 e. The maximum Gasteiger partial charge on any atom is -0.0348 e. The fourth-order valence-corrected chi connectivity index (χ4v) is 1.49. The number of allylic oxidation sites excluding steroid dienone is 6. The molecule has 0 aliphatic carbocycles. The first-order chi connectivity index (χ1) is 7.91. The minimum absolute atomic E-state index is 1.13. The van der Waals surface area contributed by atoms with Crippen molar-refractivity contribution in [1.82, 2.24) is 0 Å². The number of hydrogen-bond donors (Lipinski definition) is 0. The van der Waals surface area contributed by atoms with E-state index in [2.05, 4.69) is 50.3 Å². The summed E-state index contributed by atoms with van der Waals surface area (Å²) in [5.41, 5.74) is 0. The third kappa shape index (κ3) is 13.2. The topological polar surface area (TPSA) is 0 Å². The van der Waals surface area contributed by atoms with E-state index in [9.17, 15) is 0 Å². The first kappa shape index (κ1) is 15.2. The zero-order chi connectivity index (χ0) is 11.9. The molecule has 0 amide bonds. The van der Waals surface area contributed by atoms with Crippen molar-refractivity contribution in [2.24, 2.45) is 0 Å². The summed E-state index contributed by atoms with van der Waals surface area (Å²) in [6.07, 6.45) is 23.6. The van der Waals surface area contributed by atoms with Gasteiger partial charge in [-0.2, -0.15) is 0 Å². The van der Waals surface area contributed by atoms with Crippen LogP contribution in [0.15, 0.2) is 36.5 Å². The van der Waals surface area contributed by atoms with Crippen LogP contribution in [0.3, 0.4) is 0 Å². The molecule has 0 aliphatic rings. The fraction of sp³-hybridized carbons (Fsp3) is 0.625. The van der Waals surface area contributed by atoms with Crippen LogP contribution in [0.2, 0.25) is 0 Å². The summed E-state index contributed by atoms with van der Waals surface area (Å²) in [4.78, 5) is 0. The molecule has 0 nitrogen and oxygen atoms in total. The molecule has 0 saturated heterocycles. The van der Waals surface area contributed by atoms with Crippen LogP contribution < -0.4 is 0 Å². The highest BCUT2D eigenvalue weighted by Gasteiger charge is 1.85. The van der Waals surface area contributed by atoms with E-state index in [1.807, 2.05) is 0 Å². The Bertz CT molecular complexity index is 196. The molecule has 0 rings (SSSR count). The van der Waals surface area contributed by atoms with E-state index < -0.39 is 0 Å². The highest BCUT2D eigenvalue weighted by atomic mass is 13.9. The Kier molecular flexibility index (Phi) is 13.5. The van der Waals surface area contributed by atoms with E-state index in [1.54, 1.807) is 0 Å². The summed E-state index contributed by atoms with van der Waals surface area (Å²) in [6.45, 7) is 4.39. The van der Waals surface area contributed by atoms with Crippen LogP contribution in [0.1, 0.15) is 65.2 Å².